The molecule has 1 aliphatic heterocycles. The van der Waals surface area contributed by atoms with E-state index in [9.17, 15) is 10.1 Å². The Labute approximate surface area is 112 Å². The SMILES string of the molecule is CCCN(c1ccc(OC)cc1[N+](=O)[O-])C1CNC1. The minimum atomic E-state index is -0.341. The van der Waals surface area contributed by atoms with Gasteiger partial charge in [0.1, 0.15) is 11.4 Å². The van der Waals surface area contributed by atoms with Crippen LogP contribution in [0.4, 0.5) is 11.4 Å². The highest BCUT2D eigenvalue weighted by Gasteiger charge is 2.29. The zero-order valence-electron chi connectivity index (χ0n) is 11.3. The van der Waals surface area contributed by atoms with Gasteiger partial charge < -0.3 is 15.0 Å². The third-order valence-electron chi connectivity index (χ3n) is 3.35. The van der Waals surface area contributed by atoms with Crippen molar-refractivity contribution in [2.24, 2.45) is 0 Å². The average Bonchev–Trinajstić information content (AvgIpc) is 2.35. The molecule has 104 valence electrons. The normalized spacial score (nSPS) is 14.8. The van der Waals surface area contributed by atoms with Gasteiger partial charge in [-0.2, -0.15) is 0 Å². The quantitative estimate of drug-likeness (QED) is 0.627. The summed E-state index contributed by atoms with van der Waals surface area (Å²) in [4.78, 5) is 13.0. The van der Waals surface area contributed by atoms with Crippen LogP contribution in [0.1, 0.15) is 13.3 Å². The van der Waals surface area contributed by atoms with E-state index in [1.54, 1.807) is 12.1 Å². The van der Waals surface area contributed by atoms with Crippen molar-refractivity contribution in [2.45, 2.75) is 19.4 Å². The molecule has 0 atom stereocenters. The Morgan fingerprint density at radius 2 is 2.26 bits per heavy atom. The van der Waals surface area contributed by atoms with Crippen LogP contribution in [-0.4, -0.2) is 37.7 Å². The van der Waals surface area contributed by atoms with Crippen molar-refractivity contribution in [1.29, 1.82) is 0 Å². The van der Waals surface area contributed by atoms with Gasteiger partial charge in [-0.1, -0.05) is 6.92 Å². The molecule has 6 heteroatoms. The van der Waals surface area contributed by atoms with Gasteiger partial charge in [-0.25, -0.2) is 0 Å². The van der Waals surface area contributed by atoms with E-state index >= 15 is 0 Å². The number of nitro benzene ring substituents is 1. The van der Waals surface area contributed by atoms with Crippen molar-refractivity contribution >= 4 is 11.4 Å². The molecule has 0 unspecified atom stereocenters. The number of anilines is 1. The molecule has 1 saturated heterocycles. The third-order valence-corrected chi connectivity index (χ3v) is 3.35. The predicted octanol–water partition coefficient (Wildman–Crippen LogP) is 1.79. The number of nitrogens with one attached hydrogen (secondary N) is 1. The number of benzene rings is 1. The zero-order chi connectivity index (χ0) is 13.8. The molecule has 0 aliphatic carbocycles. The fraction of sp³-hybridized carbons (Fsp3) is 0.538. The zero-order valence-corrected chi connectivity index (χ0v) is 11.3. The van der Waals surface area contributed by atoms with Gasteiger partial charge in [-0.15, -0.1) is 0 Å². The first-order valence-corrected chi connectivity index (χ1v) is 6.47. The van der Waals surface area contributed by atoms with Gasteiger partial charge in [-0.3, -0.25) is 10.1 Å². The minimum Gasteiger partial charge on any atom is -0.496 e. The summed E-state index contributed by atoms with van der Waals surface area (Å²) >= 11 is 0. The van der Waals surface area contributed by atoms with Crippen molar-refractivity contribution < 1.29 is 9.66 Å². The van der Waals surface area contributed by atoms with Crippen molar-refractivity contribution in [1.82, 2.24) is 5.32 Å². The third kappa shape index (κ3) is 2.78. The van der Waals surface area contributed by atoms with Gasteiger partial charge in [0.2, 0.25) is 0 Å². The molecular formula is C13H19N3O3. The molecule has 1 fully saturated rings. The molecule has 1 aliphatic rings. The summed E-state index contributed by atoms with van der Waals surface area (Å²) in [5.41, 5.74) is 0.791. The first-order valence-electron chi connectivity index (χ1n) is 6.47. The molecule has 0 spiro atoms. The maximum absolute atomic E-state index is 11.2. The standard InChI is InChI=1S/C13H19N3O3/c1-3-6-15(10-8-14-9-10)12-5-4-11(19-2)7-13(12)16(17)18/h4-5,7,10,14H,3,6,8-9H2,1-2H3. The highest BCUT2D eigenvalue weighted by molar-refractivity contribution is 5.66. The topological polar surface area (TPSA) is 67.6 Å². The van der Waals surface area contributed by atoms with Crippen molar-refractivity contribution in [2.75, 3.05) is 31.6 Å². The Bertz CT molecular complexity index is 460. The highest BCUT2D eigenvalue weighted by atomic mass is 16.6. The number of nitro groups is 1. The summed E-state index contributed by atoms with van der Waals surface area (Å²) in [7, 11) is 1.51. The first-order chi connectivity index (χ1) is 9.17. The number of methoxy groups -OCH3 is 1. The van der Waals surface area contributed by atoms with Crippen LogP contribution in [0.3, 0.4) is 0 Å². The molecule has 0 aromatic heterocycles. The Morgan fingerprint density at radius 1 is 1.53 bits per heavy atom. The number of hydrogen-bond acceptors (Lipinski definition) is 5. The van der Waals surface area contributed by atoms with Crippen LogP contribution in [0.5, 0.6) is 5.75 Å². The largest absolute Gasteiger partial charge is 0.496 e. The molecule has 2 rings (SSSR count). The van der Waals surface area contributed by atoms with Crippen LogP contribution in [-0.2, 0) is 0 Å². The van der Waals surface area contributed by atoms with Crippen molar-refractivity contribution in [3.8, 4) is 5.75 Å². The second-order valence-electron chi connectivity index (χ2n) is 4.62. The number of hydrogen-bond donors (Lipinski definition) is 1. The molecule has 0 radical (unpaired) electrons. The van der Waals surface area contributed by atoms with Gasteiger partial charge >= 0.3 is 0 Å². The fourth-order valence-corrected chi connectivity index (χ4v) is 2.25. The molecule has 0 amide bonds. The van der Waals surface area contributed by atoms with Crippen LogP contribution in [0, 0.1) is 10.1 Å². The van der Waals surface area contributed by atoms with Gasteiger partial charge in [-0.05, 0) is 18.6 Å². The van der Waals surface area contributed by atoms with E-state index in [2.05, 4.69) is 17.1 Å². The number of rotatable bonds is 6. The van der Waals surface area contributed by atoms with Gasteiger partial charge in [0.05, 0.1) is 24.1 Å². The van der Waals surface area contributed by atoms with Crippen LogP contribution in [0.2, 0.25) is 0 Å². The van der Waals surface area contributed by atoms with E-state index < -0.39 is 0 Å². The smallest absolute Gasteiger partial charge is 0.296 e. The number of ether oxygens (including phenoxy) is 1. The van der Waals surface area contributed by atoms with Crippen molar-refractivity contribution in [3.63, 3.8) is 0 Å². The maximum Gasteiger partial charge on any atom is 0.296 e. The first kappa shape index (κ1) is 13.6. The van der Waals surface area contributed by atoms with Gasteiger partial charge in [0.25, 0.3) is 5.69 Å². The lowest BCUT2D eigenvalue weighted by molar-refractivity contribution is -0.384. The molecule has 1 aromatic carbocycles. The lowest BCUT2D eigenvalue weighted by Crippen LogP contribution is -2.57. The summed E-state index contributed by atoms with van der Waals surface area (Å²) in [6.07, 6.45) is 0.958. The van der Waals surface area contributed by atoms with Crippen LogP contribution in [0.15, 0.2) is 18.2 Å². The van der Waals surface area contributed by atoms with Gasteiger partial charge in [0, 0.05) is 19.6 Å². The second-order valence-corrected chi connectivity index (χ2v) is 4.62. The molecule has 1 heterocycles. The van der Waals surface area contributed by atoms with Gasteiger partial charge in [0.15, 0.2) is 0 Å². The van der Waals surface area contributed by atoms with E-state index in [4.69, 9.17) is 4.74 Å². The summed E-state index contributed by atoms with van der Waals surface area (Å²) in [6, 6.07) is 5.39. The summed E-state index contributed by atoms with van der Waals surface area (Å²) in [5.74, 6) is 0.513. The monoisotopic (exact) mass is 265 g/mol. The predicted molar refractivity (Wildman–Crippen MR) is 73.9 cm³/mol. The lowest BCUT2D eigenvalue weighted by atomic mass is 10.1. The summed E-state index contributed by atoms with van der Waals surface area (Å²) in [5, 5.41) is 14.4. The van der Waals surface area contributed by atoms with E-state index in [-0.39, 0.29) is 10.6 Å². The van der Waals surface area contributed by atoms with Crippen LogP contribution in [0.25, 0.3) is 0 Å². The Balaban J connectivity index is 2.36. The minimum absolute atomic E-state index is 0.111. The Hall–Kier alpha value is -1.82. The molecule has 1 N–H and O–H groups in total. The Kier molecular flexibility index (Phi) is 4.21. The maximum atomic E-state index is 11.2. The highest BCUT2D eigenvalue weighted by Crippen LogP contribution is 2.33. The van der Waals surface area contributed by atoms with E-state index in [1.807, 2.05) is 0 Å². The average molecular weight is 265 g/mol. The number of nitrogens with zero attached hydrogens (tertiary/aromatic N) is 2. The molecule has 0 saturated carbocycles. The second kappa shape index (κ2) is 5.88. The molecule has 0 bridgehead atoms. The summed E-state index contributed by atoms with van der Waals surface area (Å²) in [6.45, 7) is 4.65. The molecule has 19 heavy (non-hydrogen) atoms. The van der Waals surface area contributed by atoms with Crippen LogP contribution < -0.4 is 15.0 Å². The lowest BCUT2D eigenvalue weighted by Gasteiger charge is -2.39. The van der Waals surface area contributed by atoms with E-state index in [1.165, 1.54) is 13.2 Å². The summed E-state index contributed by atoms with van der Waals surface area (Å²) < 4.78 is 5.07. The molecule has 1 aromatic rings. The van der Waals surface area contributed by atoms with E-state index in [0.717, 1.165) is 26.1 Å². The van der Waals surface area contributed by atoms with Crippen molar-refractivity contribution in [3.05, 3.63) is 28.3 Å². The molecule has 6 nitrogen and oxygen atoms in total. The van der Waals surface area contributed by atoms with E-state index in [0.29, 0.717) is 17.5 Å². The fourth-order valence-electron chi connectivity index (χ4n) is 2.25. The van der Waals surface area contributed by atoms with Crippen LogP contribution >= 0.6 is 0 Å². The molecular weight excluding hydrogens is 246 g/mol. The Morgan fingerprint density at radius 3 is 2.74 bits per heavy atom.